The van der Waals surface area contributed by atoms with Crippen LogP contribution in [0.5, 0.6) is 34.5 Å². The summed E-state index contributed by atoms with van der Waals surface area (Å²) in [5, 5.41) is 34.4. The number of methoxy groups -OCH3 is 3. The van der Waals surface area contributed by atoms with Gasteiger partial charge in [0.1, 0.15) is 5.60 Å². The van der Waals surface area contributed by atoms with E-state index in [1.807, 2.05) is 0 Å². The van der Waals surface area contributed by atoms with Crippen LogP contribution in [0.1, 0.15) is 44.1 Å². The fraction of sp³-hybridized carbons (Fsp3) is 0.458. The minimum absolute atomic E-state index is 0.0307. The van der Waals surface area contributed by atoms with Gasteiger partial charge in [0.05, 0.1) is 27.4 Å². The van der Waals surface area contributed by atoms with Crippen LogP contribution in [0.4, 0.5) is 0 Å². The van der Waals surface area contributed by atoms with Crippen molar-refractivity contribution < 1.29 is 48.5 Å². The third-order valence-electron chi connectivity index (χ3n) is 6.59. The molecule has 0 spiro atoms. The molecule has 0 unspecified atom stereocenters. The molecule has 3 N–H and O–H groups in total. The van der Waals surface area contributed by atoms with Crippen LogP contribution in [-0.4, -0.2) is 55.0 Å². The first-order valence-electron chi connectivity index (χ1n) is 10.6. The van der Waals surface area contributed by atoms with Crippen molar-refractivity contribution in [3.05, 3.63) is 23.3 Å². The number of aromatic hydroxyl groups is 1. The lowest BCUT2D eigenvalue weighted by Crippen LogP contribution is -2.45. The third kappa shape index (κ3) is 3.36. The van der Waals surface area contributed by atoms with Crippen LogP contribution in [-0.2, 0) is 9.53 Å². The Hall–Kier alpha value is -3.37. The maximum Gasteiger partial charge on any atom is 0.303 e. The van der Waals surface area contributed by atoms with E-state index in [0.717, 1.165) is 0 Å². The van der Waals surface area contributed by atoms with E-state index in [1.165, 1.54) is 41.2 Å². The minimum atomic E-state index is -1.75. The fourth-order valence-electron chi connectivity index (χ4n) is 4.67. The Balaban J connectivity index is 2.22. The lowest BCUT2D eigenvalue weighted by atomic mass is 9.71. The van der Waals surface area contributed by atoms with Crippen LogP contribution >= 0.6 is 0 Å². The van der Waals surface area contributed by atoms with Gasteiger partial charge in [0.15, 0.2) is 29.1 Å². The second kappa shape index (κ2) is 8.44. The van der Waals surface area contributed by atoms with E-state index in [4.69, 9.17) is 28.4 Å². The summed E-state index contributed by atoms with van der Waals surface area (Å²) in [6.07, 6.45) is -2.56. The maximum atomic E-state index is 12.1. The van der Waals surface area contributed by atoms with Gasteiger partial charge in [-0.3, -0.25) is 4.79 Å². The van der Waals surface area contributed by atoms with E-state index in [1.54, 1.807) is 13.0 Å². The van der Waals surface area contributed by atoms with Gasteiger partial charge in [-0.25, -0.2) is 0 Å². The topological polar surface area (TPSA) is 133 Å². The molecule has 34 heavy (non-hydrogen) atoms. The molecule has 0 radical (unpaired) electrons. The van der Waals surface area contributed by atoms with Gasteiger partial charge in [0.25, 0.3) is 0 Å². The van der Waals surface area contributed by atoms with E-state index in [0.29, 0.717) is 11.3 Å². The van der Waals surface area contributed by atoms with Gasteiger partial charge in [-0.1, -0.05) is 6.92 Å². The summed E-state index contributed by atoms with van der Waals surface area (Å²) in [4.78, 5) is 12.1. The molecule has 0 aromatic heterocycles. The number of rotatable bonds is 4. The van der Waals surface area contributed by atoms with E-state index >= 15 is 0 Å². The van der Waals surface area contributed by atoms with Gasteiger partial charge < -0.3 is 43.7 Å². The Kier molecular flexibility index (Phi) is 5.91. The Morgan fingerprint density at radius 3 is 2.32 bits per heavy atom. The highest BCUT2D eigenvalue weighted by molar-refractivity contribution is 5.89. The number of carbonyl (C=O) groups is 1. The molecule has 2 aromatic rings. The maximum absolute atomic E-state index is 12.1. The molecule has 0 saturated carbocycles. The second-order valence-corrected chi connectivity index (χ2v) is 8.48. The van der Waals surface area contributed by atoms with Gasteiger partial charge in [-0.15, -0.1) is 0 Å². The van der Waals surface area contributed by atoms with Gasteiger partial charge in [0, 0.05) is 29.5 Å². The first kappa shape index (κ1) is 23.8. The number of fused-ring (bicyclic) bond motifs is 4. The number of benzene rings is 2. The number of hydrogen-bond donors (Lipinski definition) is 3. The van der Waals surface area contributed by atoms with Crippen molar-refractivity contribution in [3.8, 4) is 45.6 Å². The zero-order valence-electron chi connectivity index (χ0n) is 19.8. The van der Waals surface area contributed by atoms with Crippen molar-refractivity contribution >= 4 is 5.97 Å². The highest BCUT2D eigenvalue weighted by Crippen LogP contribution is 2.60. The molecular formula is C24H28O10. The average Bonchev–Trinajstić information content (AvgIpc) is 3.27. The number of aliphatic hydroxyl groups is 2. The van der Waals surface area contributed by atoms with Crippen LogP contribution < -0.4 is 23.7 Å². The molecule has 0 bridgehead atoms. The van der Waals surface area contributed by atoms with Crippen molar-refractivity contribution in [1.82, 2.24) is 0 Å². The number of carbonyl (C=O) groups excluding carboxylic acids is 1. The second-order valence-electron chi connectivity index (χ2n) is 8.48. The van der Waals surface area contributed by atoms with E-state index in [-0.39, 0.29) is 52.2 Å². The zero-order chi connectivity index (χ0) is 24.9. The Bertz CT molecular complexity index is 1140. The smallest absolute Gasteiger partial charge is 0.303 e. The number of hydrogen-bond acceptors (Lipinski definition) is 10. The summed E-state index contributed by atoms with van der Waals surface area (Å²) in [7, 11) is 4.18. The fourth-order valence-corrected chi connectivity index (χ4v) is 4.67. The molecule has 2 aromatic carbocycles. The molecule has 4 atom stereocenters. The summed E-state index contributed by atoms with van der Waals surface area (Å²) in [5.41, 5.74) is -0.794. The molecular weight excluding hydrogens is 448 g/mol. The predicted octanol–water partition coefficient (Wildman–Crippen LogP) is 2.85. The van der Waals surface area contributed by atoms with Crippen molar-refractivity contribution in [2.24, 2.45) is 5.92 Å². The first-order valence-corrected chi connectivity index (χ1v) is 10.6. The zero-order valence-corrected chi connectivity index (χ0v) is 19.8. The third-order valence-corrected chi connectivity index (χ3v) is 6.59. The molecule has 0 fully saturated rings. The number of aliphatic hydroxyl groups excluding tert-OH is 1. The SMILES string of the molecule is COc1cc2c(c(O)c1OC)-c1c(cc3c(c1OC)OCO3)[C@H](OC(C)=O)[C@@](C)(O)[C@H](C)[C@H]2O. The lowest BCUT2D eigenvalue weighted by molar-refractivity contribution is -0.176. The van der Waals surface area contributed by atoms with Crippen molar-refractivity contribution in [2.45, 2.75) is 38.6 Å². The van der Waals surface area contributed by atoms with Crippen LogP contribution in [0, 0.1) is 5.92 Å². The van der Waals surface area contributed by atoms with Crippen LogP contribution in [0.25, 0.3) is 11.1 Å². The highest BCUT2D eigenvalue weighted by atomic mass is 16.7. The van der Waals surface area contributed by atoms with E-state index in [2.05, 4.69) is 0 Å². The highest BCUT2D eigenvalue weighted by Gasteiger charge is 2.49. The summed E-state index contributed by atoms with van der Waals surface area (Å²) in [5.74, 6) is -0.867. The van der Waals surface area contributed by atoms with Gasteiger partial charge in [-0.05, 0) is 24.6 Å². The summed E-state index contributed by atoms with van der Waals surface area (Å²) in [6.45, 7) is 4.24. The average molecular weight is 476 g/mol. The largest absolute Gasteiger partial charge is 0.504 e. The number of phenolic OH excluding ortho intramolecular Hbond substituents is 1. The molecule has 1 aliphatic heterocycles. The van der Waals surface area contributed by atoms with E-state index in [9.17, 15) is 20.1 Å². The van der Waals surface area contributed by atoms with Crippen LogP contribution in [0.3, 0.4) is 0 Å². The van der Waals surface area contributed by atoms with Crippen molar-refractivity contribution in [3.63, 3.8) is 0 Å². The molecule has 10 nitrogen and oxygen atoms in total. The van der Waals surface area contributed by atoms with Gasteiger partial charge >= 0.3 is 5.97 Å². The normalized spacial score (nSPS) is 24.9. The molecule has 184 valence electrons. The molecule has 0 amide bonds. The number of esters is 1. The van der Waals surface area contributed by atoms with Crippen LogP contribution in [0.2, 0.25) is 0 Å². The predicted molar refractivity (Wildman–Crippen MR) is 119 cm³/mol. The Morgan fingerprint density at radius 1 is 1.06 bits per heavy atom. The molecule has 1 aliphatic carbocycles. The molecule has 2 aliphatic rings. The van der Waals surface area contributed by atoms with Crippen LogP contribution in [0.15, 0.2) is 12.1 Å². The van der Waals surface area contributed by atoms with Crippen molar-refractivity contribution in [1.29, 1.82) is 0 Å². The summed E-state index contributed by atoms with van der Waals surface area (Å²) in [6, 6.07) is 3.11. The Labute approximate surface area is 196 Å². The van der Waals surface area contributed by atoms with Gasteiger partial charge in [-0.2, -0.15) is 0 Å². The molecule has 0 saturated heterocycles. The quantitative estimate of drug-likeness (QED) is 0.566. The first-order chi connectivity index (χ1) is 16.1. The minimum Gasteiger partial charge on any atom is -0.504 e. The molecule has 10 heteroatoms. The standard InChI is InChI=1S/C24H28O10/c1-10-18(26)12-7-14(29-4)20(30-5)19(27)16(12)17-13(23(24(10,3)28)34-11(2)25)8-15-21(22(17)31-6)33-9-32-15/h7-8,10,18,23,26-28H,9H2,1-6H3/t10-,18-,23+,24+/m1/s1. The summed E-state index contributed by atoms with van der Waals surface area (Å²) < 4.78 is 33.3. The lowest BCUT2D eigenvalue weighted by Gasteiger charge is -2.42. The van der Waals surface area contributed by atoms with Gasteiger partial charge in [0.2, 0.25) is 18.3 Å². The Morgan fingerprint density at radius 2 is 1.74 bits per heavy atom. The van der Waals surface area contributed by atoms with E-state index < -0.39 is 29.7 Å². The monoisotopic (exact) mass is 476 g/mol. The molecule has 1 heterocycles. The molecule has 4 rings (SSSR count). The summed E-state index contributed by atoms with van der Waals surface area (Å²) >= 11 is 0. The van der Waals surface area contributed by atoms with Crippen molar-refractivity contribution in [2.75, 3.05) is 28.1 Å². The number of ether oxygens (including phenoxy) is 6. The number of phenols is 1.